The number of carbonyl (C=O) groups is 1. The van der Waals surface area contributed by atoms with Gasteiger partial charge in [-0.3, -0.25) is 4.79 Å². The standard InChI is InChI=1S/C32H36N3O5P/c1-21-6-9-25(28(18-21)35-15-4-3-5-16-35)30(29-11-7-22(2)40-29)34-31(36)32(13-14-32)24-8-10-27-26(19-24)23(20-33-27)12-17-39-41(37)38/h6-11,18-20,30,33H,3-5,12-17H2,1-2H3,(H-,34,36,37,38)/p+1. The summed E-state index contributed by atoms with van der Waals surface area (Å²) >= 11 is 0. The lowest BCUT2D eigenvalue weighted by molar-refractivity contribution is -0.124. The Morgan fingerprint density at radius 1 is 1.12 bits per heavy atom. The van der Waals surface area contributed by atoms with E-state index in [1.165, 1.54) is 30.5 Å². The summed E-state index contributed by atoms with van der Waals surface area (Å²) in [7, 11) is -2.63. The van der Waals surface area contributed by atoms with Crippen molar-refractivity contribution in [2.24, 2.45) is 0 Å². The number of nitrogens with zero attached hydrogens (tertiary/aromatic N) is 1. The second kappa shape index (κ2) is 11.4. The molecule has 2 unspecified atom stereocenters. The average Bonchev–Trinajstić information content (AvgIpc) is 3.53. The summed E-state index contributed by atoms with van der Waals surface area (Å²) in [5.41, 5.74) is 5.74. The van der Waals surface area contributed by atoms with Crippen LogP contribution in [0.15, 0.2) is 59.1 Å². The summed E-state index contributed by atoms with van der Waals surface area (Å²) in [6.45, 7) is 6.21. The molecule has 2 aliphatic rings. The summed E-state index contributed by atoms with van der Waals surface area (Å²) < 4.78 is 22.0. The zero-order chi connectivity index (χ0) is 28.6. The third-order valence-corrected chi connectivity index (χ3v) is 9.00. The minimum absolute atomic E-state index is 0.00114. The number of aromatic nitrogens is 1. The number of aryl methyl sites for hydroxylation is 2. The number of hydrogen-bond acceptors (Lipinski definition) is 5. The van der Waals surface area contributed by atoms with Crippen molar-refractivity contribution < 1.29 is 23.2 Å². The van der Waals surface area contributed by atoms with Crippen LogP contribution in [0.3, 0.4) is 0 Å². The van der Waals surface area contributed by atoms with Gasteiger partial charge in [0.1, 0.15) is 24.2 Å². The summed E-state index contributed by atoms with van der Waals surface area (Å²) in [4.78, 5) is 28.9. The maximum Gasteiger partial charge on any atom is 0.694 e. The Kier molecular flexibility index (Phi) is 7.73. The molecule has 1 saturated heterocycles. The molecular weight excluding hydrogens is 537 g/mol. The first-order valence-electron chi connectivity index (χ1n) is 14.5. The molecule has 2 atom stereocenters. The summed E-state index contributed by atoms with van der Waals surface area (Å²) in [5, 5.41) is 4.42. The van der Waals surface area contributed by atoms with Gasteiger partial charge in [0.05, 0.1) is 5.41 Å². The zero-order valence-corrected chi connectivity index (χ0v) is 24.5. The van der Waals surface area contributed by atoms with E-state index in [1.54, 1.807) is 0 Å². The number of H-pyrrole nitrogens is 1. The van der Waals surface area contributed by atoms with Gasteiger partial charge in [-0.25, -0.2) is 0 Å². The highest BCUT2D eigenvalue weighted by molar-refractivity contribution is 7.32. The molecule has 4 aromatic rings. The maximum atomic E-state index is 14.2. The number of rotatable bonds is 10. The summed E-state index contributed by atoms with van der Waals surface area (Å²) in [6.07, 6.45) is 7.53. The maximum absolute atomic E-state index is 14.2. The molecule has 41 heavy (non-hydrogen) atoms. The first kappa shape index (κ1) is 27.7. The quantitative estimate of drug-likeness (QED) is 0.186. The fourth-order valence-corrected chi connectivity index (χ4v) is 6.42. The number of benzene rings is 2. The van der Waals surface area contributed by atoms with Crippen molar-refractivity contribution in [3.05, 3.63) is 88.5 Å². The molecule has 6 rings (SSSR count). The zero-order valence-electron chi connectivity index (χ0n) is 23.6. The Morgan fingerprint density at radius 2 is 1.93 bits per heavy atom. The van der Waals surface area contributed by atoms with E-state index < -0.39 is 19.7 Å². The minimum atomic E-state index is -2.63. The average molecular weight is 575 g/mol. The van der Waals surface area contributed by atoms with Crippen molar-refractivity contribution in [3.63, 3.8) is 0 Å². The molecule has 1 aliphatic carbocycles. The highest BCUT2D eigenvalue weighted by Crippen LogP contribution is 2.50. The van der Waals surface area contributed by atoms with E-state index >= 15 is 0 Å². The smallest absolute Gasteiger partial charge is 0.464 e. The van der Waals surface area contributed by atoms with Gasteiger partial charge in [-0.1, -0.05) is 18.2 Å². The SMILES string of the molecule is Cc1ccc(C(NC(=O)C2(c3ccc4[nH]cc(CCO[P+](=O)O)c4c3)CC2)c2ccc(C)o2)c(N2CCCCC2)c1. The van der Waals surface area contributed by atoms with Crippen LogP contribution in [0.4, 0.5) is 5.69 Å². The van der Waals surface area contributed by atoms with Crippen LogP contribution in [0.5, 0.6) is 0 Å². The van der Waals surface area contributed by atoms with E-state index in [-0.39, 0.29) is 12.5 Å². The second-order valence-electron chi connectivity index (χ2n) is 11.4. The highest BCUT2D eigenvalue weighted by Gasteiger charge is 2.52. The van der Waals surface area contributed by atoms with E-state index in [0.717, 1.165) is 65.0 Å². The molecule has 2 aromatic heterocycles. The van der Waals surface area contributed by atoms with Gasteiger partial charge in [-0.05, 0) is 93.0 Å². The Hall–Kier alpha value is -3.45. The van der Waals surface area contributed by atoms with Gasteiger partial charge in [-0.2, -0.15) is 0 Å². The molecule has 214 valence electrons. The molecule has 0 radical (unpaired) electrons. The van der Waals surface area contributed by atoms with Crippen molar-refractivity contribution in [1.82, 2.24) is 10.3 Å². The van der Waals surface area contributed by atoms with Crippen LogP contribution in [0.1, 0.15) is 71.9 Å². The number of hydrogen-bond donors (Lipinski definition) is 3. The lowest BCUT2D eigenvalue weighted by atomic mass is 9.91. The molecule has 3 N–H and O–H groups in total. The van der Waals surface area contributed by atoms with E-state index in [4.69, 9.17) is 13.8 Å². The fraction of sp³-hybridized carbons (Fsp3) is 0.406. The first-order chi connectivity index (χ1) is 19.8. The molecule has 2 fully saturated rings. The number of aromatic amines is 1. The number of furan rings is 1. The van der Waals surface area contributed by atoms with Crippen LogP contribution < -0.4 is 10.2 Å². The van der Waals surface area contributed by atoms with Gasteiger partial charge in [0.25, 0.3) is 0 Å². The monoisotopic (exact) mass is 574 g/mol. The van der Waals surface area contributed by atoms with Crippen molar-refractivity contribution >= 4 is 30.8 Å². The van der Waals surface area contributed by atoms with E-state index in [0.29, 0.717) is 6.42 Å². The number of fused-ring (bicyclic) bond motifs is 1. The van der Waals surface area contributed by atoms with E-state index in [9.17, 15) is 9.36 Å². The van der Waals surface area contributed by atoms with Crippen LogP contribution in [-0.2, 0) is 25.7 Å². The van der Waals surface area contributed by atoms with Crippen LogP contribution in [0.2, 0.25) is 0 Å². The van der Waals surface area contributed by atoms with Crippen LogP contribution in [0, 0.1) is 13.8 Å². The first-order valence-corrected chi connectivity index (χ1v) is 15.6. The predicted octanol–water partition coefficient (Wildman–Crippen LogP) is 6.51. The third-order valence-electron chi connectivity index (χ3n) is 8.59. The number of anilines is 1. The number of nitrogens with one attached hydrogen (secondary N) is 2. The Labute approximate surface area is 241 Å². The molecule has 0 bridgehead atoms. The molecule has 1 amide bonds. The van der Waals surface area contributed by atoms with Crippen molar-refractivity contribution in [1.29, 1.82) is 0 Å². The van der Waals surface area contributed by atoms with Gasteiger partial charge >= 0.3 is 8.25 Å². The molecule has 8 nitrogen and oxygen atoms in total. The molecule has 9 heteroatoms. The largest absolute Gasteiger partial charge is 0.694 e. The normalized spacial score (nSPS) is 17.4. The van der Waals surface area contributed by atoms with E-state index in [1.807, 2.05) is 37.4 Å². The fourth-order valence-electron chi connectivity index (χ4n) is 6.17. The highest BCUT2D eigenvalue weighted by atomic mass is 31.1. The van der Waals surface area contributed by atoms with Gasteiger partial charge in [0.2, 0.25) is 5.91 Å². The molecule has 0 spiro atoms. The van der Waals surface area contributed by atoms with Gasteiger partial charge in [0.15, 0.2) is 0 Å². The summed E-state index contributed by atoms with van der Waals surface area (Å²) in [5.74, 6) is 1.55. The second-order valence-corrected chi connectivity index (χ2v) is 12.2. The lowest BCUT2D eigenvalue weighted by Crippen LogP contribution is -2.39. The van der Waals surface area contributed by atoms with Crippen molar-refractivity contribution in [3.8, 4) is 0 Å². The third kappa shape index (κ3) is 5.69. The predicted molar refractivity (Wildman–Crippen MR) is 159 cm³/mol. The van der Waals surface area contributed by atoms with Crippen molar-refractivity contribution in [2.45, 2.75) is 63.8 Å². The number of carbonyl (C=O) groups excluding carboxylic acids is 1. The number of amides is 1. The van der Waals surface area contributed by atoms with E-state index in [2.05, 4.69) is 46.4 Å². The van der Waals surface area contributed by atoms with Crippen LogP contribution in [-0.4, -0.2) is 35.5 Å². The molecular formula is C32H37N3O5P+. The Balaban J connectivity index is 1.32. The molecule has 1 aliphatic heterocycles. The minimum Gasteiger partial charge on any atom is -0.464 e. The molecule has 2 aromatic carbocycles. The van der Waals surface area contributed by atoms with Gasteiger partial charge in [-0.15, -0.1) is 9.42 Å². The molecule has 3 heterocycles. The van der Waals surface area contributed by atoms with Gasteiger partial charge < -0.3 is 19.6 Å². The Morgan fingerprint density at radius 3 is 2.63 bits per heavy atom. The van der Waals surface area contributed by atoms with Crippen LogP contribution in [0.25, 0.3) is 10.9 Å². The summed E-state index contributed by atoms with van der Waals surface area (Å²) in [6, 6.07) is 16.1. The van der Waals surface area contributed by atoms with Crippen molar-refractivity contribution in [2.75, 3.05) is 24.6 Å². The Bertz CT molecular complexity index is 1580. The topological polar surface area (TPSA) is 108 Å². The van der Waals surface area contributed by atoms with Crippen LogP contribution >= 0.6 is 8.25 Å². The van der Waals surface area contributed by atoms with Gasteiger partial charge in [0, 0.05) is 52.4 Å². The molecule has 1 saturated carbocycles. The lowest BCUT2D eigenvalue weighted by Gasteiger charge is -2.33. The number of piperidine rings is 1.